The standard InChI is InChI=1S/C17H32N2/c1-5-12(2)17-9-10-18-13(3)19-16(4,11-17)14-7-6-8-15(14)17/h12-15,18-19H,5-11H2,1-4H3. The Morgan fingerprint density at radius 1 is 1.26 bits per heavy atom. The molecular weight excluding hydrogens is 232 g/mol. The van der Waals surface area contributed by atoms with Gasteiger partial charge in [0.1, 0.15) is 0 Å². The van der Waals surface area contributed by atoms with E-state index in [1.54, 1.807) is 0 Å². The Balaban J connectivity index is 1.99. The van der Waals surface area contributed by atoms with Crippen LogP contribution in [0.4, 0.5) is 0 Å². The van der Waals surface area contributed by atoms with Crippen molar-refractivity contribution in [1.82, 2.24) is 10.6 Å². The lowest BCUT2D eigenvalue weighted by molar-refractivity contribution is 0.0767. The summed E-state index contributed by atoms with van der Waals surface area (Å²) < 4.78 is 0. The zero-order chi connectivity index (χ0) is 13.7. The first-order valence-electron chi connectivity index (χ1n) is 8.53. The molecule has 2 N–H and O–H groups in total. The van der Waals surface area contributed by atoms with Crippen LogP contribution in [0.1, 0.15) is 66.2 Å². The van der Waals surface area contributed by atoms with E-state index in [1.807, 2.05) is 0 Å². The van der Waals surface area contributed by atoms with Crippen LogP contribution < -0.4 is 10.6 Å². The van der Waals surface area contributed by atoms with Crippen molar-refractivity contribution in [3.63, 3.8) is 0 Å². The van der Waals surface area contributed by atoms with Crippen LogP contribution in [0.3, 0.4) is 0 Å². The number of fused-ring (bicyclic) bond motifs is 5. The van der Waals surface area contributed by atoms with E-state index in [1.165, 1.54) is 45.1 Å². The number of hydrogen-bond acceptors (Lipinski definition) is 2. The van der Waals surface area contributed by atoms with Crippen LogP contribution in [0.25, 0.3) is 0 Å². The van der Waals surface area contributed by atoms with Gasteiger partial charge in [-0.05, 0) is 69.2 Å². The van der Waals surface area contributed by atoms with Crippen LogP contribution in [0, 0.1) is 23.2 Å². The lowest BCUT2D eigenvalue weighted by Gasteiger charge is -2.44. The Hall–Kier alpha value is -0.0800. The maximum atomic E-state index is 3.95. The summed E-state index contributed by atoms with van der Waals surface area (Å²) in [6, 6.07) is 0. The molecule has 0 spiro atoms. The van der Waals surface area contributed by atoms with Gasteiger partial charge in [0.05, 0.1) is 6.17 Å². The third kappa shape index (κ3) is 1.98. The Morgan fingerprint density at radius 2 is 2.00 bits per heavy atom. The number of rotatable bonds is 2. The molecule has 0 aromatic rings. The molecule has 2 saturated carbocycles. The molecule has 3 fully saturated rings. The highest BCUT2D eigenvalue weighted by Crippen LogP contribution is 2.64. The second kappa shape index (κ2) is 4.73. The molecule has 2 aliphatic carbocycles. The Morgan fingerprint density at radius 3 is 2.74 bits per heavy atom. The summed E-state index contributed by atoms with van der Waals surface area (Å²) in [6.07, 6.45) is 9.03. The summed E-state index contributed by atoms with van der Waals surface area (Å²) in [5, 5.41) is 7.64. The van der Waals surface area contributed by atoms with E-state index in [2.05, 4.69) is 38.3 Å². The zero-order valence-electron chi connectivity index (χ0n) is 13.3. The SMILES string of the molecule is CCC(C)C12CCNC(C)NC(C)(C1)C1CCCC12. The van der Waals surface area contributed by atoms with Gasteiger partial charge in [-0.1, -0.05) is 26.7 Å². The molecule has 6 atom stereocenters. The fourth-order valence-corrected chi connectivity index (χ4v) is 6.05. The third-order valence-electron chi connectivity index (χ3n) is 6.95. The van der Waals surface area contributed by atoms with Gasteiger partial charge in [0.25, 0.3) is 0 Å². The fourth-order valence-electron chi connectivity index (χ4n) is 6.05. The minimum Gasteiger partial charge on any atom is -0.302 e. The van der Waals surface area contributed by atoms with E-state index < -0.39 is 0 Å². The van der Waals surface area contributed by atoms with Gasteiger partial charge in [0, 0.05) is 5.54 Å². The predicted molar refractivity (Wildman–Crippen MR) is 81.0 cm³/mol. The summed E-state index contributed by atoms with van der Waals surface area (Å²) in [7, 11) is 0. The quantitative estimate of drug-likeness (QED) is 0.797. The van der Waals surface area contributed by atoms with Gasteiger partial charge in [0.2, 0.25) is 0 Å². The predicted octanol–water partition coefficient (Wildman–Crippen LogP) is 3.53. The highest BCUT2D eigenvalue weighted by Gasteiger charge is 2.61. The Kier molecular flexibility index (Phi) is 3.46. The smallest absolute Gasteiger partial charge is 0.0546 e. The van der Waals surface area contributed by atoms with Gasteiger partial charge in [-0.25, -0.2) is 0 Å². The molecule has 19 heavy (non-hydrogen) atoms. The van der Waals surface area contributed by atoms with Crippen molar-refractivity contribution >= 4 is 0 Å². The molecule has 0 aromatic heterocycles. The minimum absolute atomic E-state index is 0.372. The average molecular weight is 264 g/mol. The molecule has 6 unspecified atom stereocenters. The second-order valence-corrected chi connectivity index (χ2v) is 7.85. The summed E-state index contributed by atoms with van der Waals surface area (Å²) in [5.74, 6) is 2.77. The molecule has 3 rings (SSSR count). The van der Waals surface area contributed by atoms with Gasteiger partial charge in [-0.15, -0.1) is 0 Å². The van der Waals surface area contributed by atoms with Crippen LogP contribution in [0.5, 0.6) is 0 Å². The van der Waals surface area contributed by atoms with Crippen molar-refractivity contribution in [2.75, 3.05) is 6.54 Å². The topological polar surface area (TPSA) is 24.1 Å². The van der Waals surface area contributed by atoms with Gasteiger partial charge in [0.15, 0.2) is 0 Å². The first kappa shape index (κ1) is 13.9. The van der Waals surface area contributed by atoms with Crippen LogP contribution >= 0.6 is 0 Å². The summed E-state index contributed by atoms with van der Waals surface area (Å²) in [4.78, 5) is 0. The van der Waals surface area contributed by atoms with Crippen molar-refractivity contribution in [2.24, 2.45) is 23.2 Å². The van der Waals surface area contributed by atoms with Crippen LogP contribution in [-0.4, -0.2) is 18.2 Å². The van der Waals surface area contributed by atoms with Crippen molar-refractivity contribution < 1.29 is 0 Å². The van der Waals surface area contributed by atoms with Crippen molar-refractivity contribution in [1.29, 1.82) is 0 Å². The molecule has 1 aliphatic heterocycles. The fraction of sp³-hybridized carbons (Fsp3) is 1.00. The number of nitrogens with one attached hydrogen (secondary N) is 2. The first-order chi connectivity index (χ1) is 9.02. The molecule has 2 nitrogen and oxygen atoms in total. The third-order valence-corrected chi connectivity index (χ3v) is 6.95. The minimum atomic E-state index is 0.372. The normalized spacial score (nSPS) is 51.5. The van der Waals surface area contributed by atoms with Crippen LogP contribution in [-0.2, 0) is 0 Å². The van der Waals surface area contributed by atoms with Crippen LogP contribution in [0.2, 0.25) is 0 Å². The summed E-state index contributed by atoms with van der Waals surface area (Å²) >= 11 is 0. The molecule has 0 aromatic carbocycles. The molecule has 2 bridgehead atoms. The molecular formula is C17H32N2. The van der Waals surface area contributed by atoms with Gasteiger partial charge in [-0.3, -0.25) is 5.32 Å². The lowest BCUT2D eigenvalue weighted by Crippen LogP contribution is -2.56. The Labute approximate surface area is 119 Å². The summed E-state index contributed by atoms with van der Waals surface area (Å²) in [5.41, 5.74) is 0.974. The van der Waals surface area contributed by atoms with Crippen LogP contribution in [0.15, 0.2) is 0 Å². The molecule has 0 amide bonds. The second-order valence-electron chi connectivity index (χ2n) is 7.85. The number of hydrogen-bond donors (Lipinski definition) is 2. The van der Waals surface area contributed by atoms with E-state index in [0.717, 1.165) is 17.8 Å². The average Bonchev–Trinajstić information content (AvgIpc) is 2.91. The molecule has 110 valence electrons. The zero-order valence-corrected chi connectivity index (χ0v) is 13.3. The maximum absolute atomic E-state index is 3.95. The van der Waals surface area contributed by atoms with E-state index in [4.69, 9.17) is 0 Å². The van der Waals surface area contributed by atoms with Gasteiger partial charge in [-0.2, -0.15) is 0 Å². The first-order valence-corrected chi connectivity index (χ1v) is 8.53. The summed E-state index contributed by atoms with van der Waals surface area (Å²) in [6.45, 7) is 10.9. The largest absolute Gasteiger partial charge is 0.302 e. The highest BCUT2D eigenvalue weighted by molar-refractivity contribution is 5.14. The van der Waals surface area contributed by atoms with Gasteiger partial charge >= 0.3 is 0 Å². The molecule has 2 heteroatoms. The van der Waals surface area contributed by atoms with Crippen molar-refractivity contribution in [2.45, 2.75) is 77.9 Å². The van der Waals surface area contributed by atoms with Gasteiger partial charge < -0.3 is 5.32 Å². The molecule has 0 radical (unpaired) electrons. The van der Waals surface area contributed by atoms with E-state index in [-0.39, 0.29) is 0 Å². The van der Waals surface area contributed by atoms with E-state index in [0.29, 0.717) is 17.1 Å². The molecule has 1 saturated heterocycles. The van der Waals surface area contributed by atoms with E-state index >= 15 is 0 Å². The molecule has 3 aliphatic rings. The maximum Gasteiger partial charge on any atom is 0.0546 e. The lowest BCUT2D eigenvalue weighted by atomic mass is 9.64. The Bertz CT molecular complexity index is 342. The molecule has 1 heterocycles. The van der Waals surface area contributed by atoms with E-state index in [9.17, 15) is 0 Å². The van der Waals surface area contributed by atoms with Crippen molar-refractivity contribution in [3.05, 3.63) is 0 Å². The van der Waals surface area contributed by atoms with Crippen molar-refractivity contribution in [3.8, 4) is 0 Å². The monoisotopic (exact) mass is 264 g/mol. The highest BCUT2D eigenvalue weighted by atomic mass is 15.2.